The Bertz CT molecular complexity index is 483. The van der Waals surface area contributed by atoms with Crippen molar-refractivity contribution in [2.45, 2.75) is 58.0 Å². The first kappa shape index (κ1) is 15.0. The number of carbonyl (C=O) groups is 1. The molecule has 2 rings (SSSR count). The van der Waals surface area contributed by atoms with Gasteiger partial charge in [0.25, 0.3) is 5.91 Å². The van der Waals surface area contributed by atoms with Crippen molar-refractivity contribution in [3.8, 4) is 0 Å². The first-order chi connectivity index (χ1) is 9.32. The fourth-order valence-corrected chi connectivity index (χ4v) is 2.15. The van der Waals surface area contributed by atoms with Gasteiger partial charge in [-0.3, -0.25) is 9.48 Å². The Morgan fingerprint density at radius 2 is 2.15 bits per heavy atom. The van der Waals surface area contributed by atoms with Crippen molar-refractivity contribution in [3.05, 3.63) is 17.5 Å². The summed E-state index contributed by atoms with van der Waals surface area (Å²) in [7, 11) is 1.89. The van der Waals surface area contributed by atoms with E-state index < -0.39 is 0 Å². The predicted octanol–water partition coefficient (Wildman–Crippen LogP) is 1.85. The van der Waals surface area contributed by atoms with Crippen LogP contribution >= 0.6 is 0 Å². The fourth-order valence-electron chi connectivity index (χ4n) is 2.15. The third kappa shape index (κ3) is 3.39. The number of likely N-dealkylation sites (N-methyl/N-ethyl adjacent to an activating group) is 1. The van der Waals surface area contributed by atoms with E-state index in [9.17, 15) is 4.79 Å². The van der Waals surface area contributed by atoms with Crippen molar-refractivity contribution in [1.29, 1.82) is 0 Å². The van der Waals surface area contributed by atoms with E-state index in [0.29, 0.717) is 18.2 Å². The van der Waals surface area contributed by atoms with Crippen LogP contribution in [0.1, 0.15) is 62.6 Å². The summed E-state index contributed by atoms with van der Waals surface area (Å²) >= 11 is 0. The standard InChI is InChI=1S/C15H26N4O/c1-10(16-5)9-17-14(20)12-8-13(11-6-7-11)19(18-12)15(2,3)4/h8,10-11,16H,6-7,9H2,1-5H3,(H,17,20). The molecule has 1 heterocycles. The molecule has 0 aliphatic heterocycles. The number of carbonyl (C=O) groups excluding carboxylic acids is 1. The predicted molar refractivity (Wildman–Crippen MR) is 80.1 cm³/mol. The monoisotopic (exact) mass is 278 g/mol. The maximum Gasteiger partial charge on any atom is 0.271 e. The summed E-state index contributed by atoms with van der Waals surface area (Å²) in [6.45, 7) is 9.00. The van der Waals surface area contributed by atoms with Gasteiger partial charge in [0.15, 0.2) is 0 Å². The van der Waals surface area contributed by atoms with Crippen molar-refractivity contribution in [1.82, 2.24) is 20.4 Å². The lowest BCUT2D eigenvalue weighted by molar-refractivity contribution is 0.0944. The third-order valence-corrected chi connectivity index (χ3v) is 3.66. The molecule has 0 aromatic carbocycles. The molecule has 2 N–H and O–H groups in total. The van der Waals surface area contributed by atoms with E-state index in [1.54, 1.807) is 0 Å². The molecule has 1 fully saturated rings. The molecule has 1 aromatic heterocycles. The largest absolute Gasteiger partial charge is 0.349 e. The molecular formula is C15H26N4O. The Morgan fingerprint density at radius 1 is 1.50 bits per heavy atom. The molecule has 1 amide bonds. The molecule has 5 nitrogen and oxygen atoms in total. The molecule has 0 saturated heterocycles. The zero-order chi connectivity index (χ0) is 14.9. The maximum atomic E-state index is 12.2. The summed E-state index contributed by atoms with van der Waals surface area (Å²) in [6.07, 6.45) is 2.42. The van der Waals surface area contributed by atoms with Gasteiger partial charge >= 0.3 is 0 Å². The highest BCUT2D eigenvalue weighted by atomic mass is 16.1. The van der Waals surface area contributed by atoms with Gasteiger partial charge in [0.05, 0.1) is 5.54 Å². The topological polar surface area (TPSA) is 58.9 Å². The van der Waals surface area contributed by atoms with Gasteiger partial charge in [-0.1, -0.05) is 0 Å². The number of amides is 1. The summed E-state index contributed by atoms with van der Waals surface area (Å²) in [5.41, 5.74) is 1.64. The van der Waals surface area contributed by atoms with Gasteiger partial charge in [-0.05, 0) is 53.7 Å². The maximum absolute atomic E-state index is 12.2. The van der Waals surface area contributed by atoms with E-state index in [2.05, 4.69) is 36.5 Å². The summed E-state index contributed by atoms with van der Waals surface area (Å²) in [5, 5.41) is 10.6. The number of nitrogens with zero attached hydrogens (tertiary/aromatic N) is 2. The first-order valence-corrected chi connectivity index (χ1v) is 7.39. The highest BCUT2D eigenvalue weighted by Crippen LogP contribution is 2.41. The van der Waals surface area contributed by atoms with Crippen molar-refractivity contribution in [3.63, 3.8) is 0 Å². The molecule has 1 aliphatic rings. The van der Waals surface area contributed by atoms with Crippen molar-refractivity contribution < 1.29 is 4.79 Å². The Balaban J connectivity index is 2.14. The molecule has 0 bridgehead atoms. The van der Waals surface area contributed by atoms with Crippen LogP contribution < -0.4 is 10.6 Å². The van der Waals surface area contributed by atoms with Crippen molar-refractivity contribution in [2.75, 3.05) is 13.6 Å². The number of hydrogen-bond acceptors (Lipinski definition) is 3. The minimum absolute atomic E-state index is 0.0861. The van der Waals surface area contributed by atoms with Gasteiger partial charge < -0.3 is 10.6 Å². The van der Waals surface area contributed by atoms with Gasteiger partial charge in [0, 0.05) is 24.2 Å². The lowest BCUT2D eigenvalue weighted by Crippen LogP contribution is -2.37. The molecule has 20 heavy (non-hydrogen) atoms. The van der Waals surface area contributed by atoms with Crippen LogP contribution in [0.5, 0.6) is 0 Å². The normalized spacial score (nSPS) is 17.1. The van der Waals surface area contributed by atoms with Gasteiger partial charge in [-0.25, -0.2) is 0 Å². The Labute approximate surface area is 121 Å². The van der Waals surface area contributed by atoms with Crippen LogP contribution in [0.25, 0.3) is 0 Å². The summed E-state index contributed by atoms with van der Waals surface area (Å²) in [6, 6.07) is 2.22. The molecule has 1 unspecified atom stereocenters. The van der Waals surface area contributed by atoms with Crippen LogP contribution in [0.2, 0.25) is 0 Å². The highest BCUT2D eigenvalue weighted by Gasteiger charge is 2.32. The summed E-state index contributed by atoms with van der Waals surface area (Å²) < 4.78 is 2.01. The van der Waals surface area contributed by atoms with Crippen LogP contribution in [0.4, 0.5) is 0 Å². The van der Waals surface area contributed by atoms with Crippen molar-refractivity contribution in [2.24, 2.45) is 0 Å². The van der Waals surface area contributed by atoms with E-state index >= 15 is 0 Å². The second kappa shape index (κ2) is 5.56. The second-order valence-electron chi connectivity index (χ2n) is 6.71. The highest BCUT2D eigenvalue weighted by molar-refractivity contribution is 5.92. The fraction of sp³-hybridized carbons (Fsp3) is 0.733. The van der Waals surface area contributed by atoms with E-state index in [-0.39, 0.29) is 17.5 Å². The van der Waals surface area contributed by atoms with Gasteiger partial charge in [-0.15, -0.1) is 0 Å². The van der Waals surface area contributed by atoms with E-state index in [1.165, 1.54) is 18.5 Å². The van der Waals surface area contributed by atoms with E-state index in [4.69, 9.17) is 0 Å². The molecule has 1 aromatic rings. The summed E-state index contributed by atoms with van der Waals surface area (Å²) in [4.78, 5) is 12.2. The van der Waals surface area contributed by atoms with Crippen LogP contribution in [0, 0.1) is 0 Å². The molecule has 1 atom stereocenters. The quantitative estimate of drug-likeness (QED) is 0.864. The molecule has 1 aliphatic carbocycles. The van der Waals surface area contributed by atoms with Crippen LogP contribution in [-0.4, -0.2) is 35.3 Å². The first-order valence-electron chi connectivity index (χ1n) is 7.39. The Morgan fingerprint density at radius 3 is 2.65 bits per heavy atom. The number of aromatic nitrogens is 2. The molecule has 0 spiro atoms. The minimum atomic E-state index is -0.0886. The van der Waals surface area contributed by atoms with Gasteiger partial charge in [0.1, 0.15) is 5.69 Å². The van der Waals surface area contributed by atoms with Gasteiger partial charge in [0.2, 0.25) is 0 Å². The molecule has 112 valence electrons. The average molecular weight is 278 g/mol. The third-order valence-electron chi connectivity index (χ3n) is 3.66. The van der Waals surface area contributed by atoms with Crippen molar-refractivity contribution >= 4 is 5.91 Å². The van der Waals surface area contributed by atoms with Gasteiger partial charge in [-0.2, -0.15) is 5.10 Å². The SMILES string of the molecule is CNC(C)CNC(=O)c1cc(C2CC2)n(C(C)(C)C)n1. The molecular weight excluding hydrogens is 252 g/mol. The van der Waals surface area contributed by atoms with Crippen LogP contribution in [0.15, 0.2) is 6.07 Å². The minimum Gasteiger partial charge on any atom is -0.349 e. The van der Waals surface area contributed by atoms with E-state index in [1.807, 2.05) is 24.7 Å². The molecule has 1 saturated carbocycles. The average Bonchev–Trinajstić information content (AvgIpc) is 3.12. The Kier molecular flexibility index (Phi) is 4.18. The second-order valence-corrected chi connectivity index (χ2v) is 6.71. The molecule has 5 heteroatoms. The Hall–Kier alpha value is -1.36. The zero-order valence-corrected chi connectivity index (χ0v) is 13.2. The van der Waals surface area contributed by atoms with E-state index in [0.717, 1.165) is 0 Å². The number of hydrogen-bond donors (Lipinski definition) is 2. The van der Waals surface area contributed by atoms with Crippen LogP contribution in [0.3, 0.4) is 0 Å². The summed E-state index contributed by atoms with van der Waals surface area (Å²) in [5.74, 6) is 0.497. The van der Waals surface area contributed by atoms with Crippen LogP contribution in [-0.2, 0) is 5.54 Å². The number of rotatable bonds is 5. The molecule has 0 radical (unpaired) electrons. The zero-order valence-electron chi connectivity index (χ0n) is 13.2. The number of nitrogens with one attached hydrogen (secondary N) is 2. The lowest BCUT2D eigenvalue weighted by Gasteiger charge is -2.22. The smallest absolute Gasteiger partial charge is 0.271 e. The lowest BCUT2D eigenvalue weighted by atomic mass is 10.1.